The van der Waals surface area contributed by atoms with Gasteiger partial charge in [-0.05, 0) is 72.9 Å². The summed E-state index contributed by atoms with van der Waals surface area (Å²) in [6.45, 7) is 3.36. The number of anilines is 2. The molecule has 6 atom stereocenters. The van der Waals surface area contributed by atoms with Crippen LogP contribution in [0.3, 0.4) is 0 Å². The minimum absolute atomic E-state index is 0.0187. The van der Waals surface area contributed by atoms with Crippen molar-refractivity contribution in [1.29, 1.82) is 0 Å². The number of hydroxylamine groups is 2. The second kappa shape index (κ2) is 33.8. The van der Waals surface area contributed by atoms with Gasteiger partial charge in [-0.25, -0.2) is 34.3 Å². The highest BCUT2D eigenvalue weighted by atomic mass is 32.2. The quantitative estimate of drug-likeness (QED) is 0.0194. The molecule has 0 unspecified atom stereocenters. The number of fused-ring (bicyclic) bond motifs is 2. The van der Waals surface area contributed by atoms with E-state index >= 15 is 0 Å². The first kappa shape index (κ1) is 68.1. The molecule has 0 bridgehead atoms. The van der Waals surface area contributed by atoms with Gasteiger partial charge in [-0.1, -0.05) is 50.2 Å². The molecule has 7 amide bonds. The number of carbonyl (C=O) groups excluding carboxylic acids is 9. The average Bonchev–Trinajstić information content (AvgIpc) is 2.23. The van der Waals surface area contributed by atoms with E-state index in [1.54, 1.807) is 38.1 Å². The zero-order valence-electron chi connectivity index (χ0n) is 49.6. The molecule has 3 aliphatic rings. The normalized spacial score (nSPS) is 17.8. The van der Waals surface area contributed by atoms with E-state index in [0.29, 0.717) is 47.0 Å². The van der Waals surface area contributed by atoms with Gasteiger partial charge in [0.2, 0.25) is 11.8 Å². The van der Waals surface area contributed by atoms with Crippen molar-refractivity contribution in [2.24, 2.45) is 28.6 Å². The van der Waals surface area contributed by atoms with Crippen molar-refractivity contribution in [3.63, 3.8) is 0 Å². The molecule has 31 heteroatoms. The van der Waals surface area contributed by atoms with Gasteiger partial charge in [-0.3, -0.25) is 28.2 Å². The summed E-state index contributed by atoms with van der Waals surface area (Å²) < 4.78 is 63.0. The number of imide groups is 1. The molecule has 1 aliphatic heterocycles. The summed E-state index contributed by atoms with van der Waals surface area (Å²) >= 11 is 0. The lowest BCUT2D eigenvalue weighted by Gasteiger charge is -2.24. The number of carbonyl (C=O) groups is 9. The molecule has 0 radical (unpaired) electrons. The Morgan fingerprint density at radius 1 is 0.798 bits per heavy atom. The van der Waals surface area contributed by atoms with E-state index in [2.05, 4.69) is 48.7 Å². The lowest BCUT2D eigenvalue weighted by molar-refractivity contribution is -0.198. The Morgan fingerprint density at radius 3 is 2.26 bits per heavy atom. The van der Waals surface area contributed by atoms with Crippen molar-refractivity contribution in [2.45, 2.75) is 115 Å². The number of hydrogen-bond donors (Lipinski definition) is 7. The van der Waals surface area contributed by atoms with Crippen molar-refractivity contribution in [3.8, 4) is 0 Å². The van der Waals surface area contributed by atoms with Crippen LogP contribution in [0.5, 0.6) is 0 Å². The molecule has 2 fully saturated rings. The summed E-state index contributed by atoms with van der Waals surface area (Å²) in [5, 5.41) is 20.5. The number of benzene rings is 2. The smallest absolute Gasteiger partial charge is 0.445 e. The summed E-state index contributed by atoms with van der Waals surface area (Å²) in [6, 6.07) is 14.8. The Kier molecular flexibility index (Phi) is 25.9. The zero-order chi connectivity index (χ0) is 63.9. The number of ether oxygens (including phenoxy) is 6. The summed E-state index contributed by atoms with van der Waals surface area (Å²) in [6.07, 6.45) is 3.24. The topological polar surface area (TPSA) is 408 Å². The molecule has 2 aromatic heterocycles. The second-order valence-electron chi connectivity index (χ2n) is 21.7. The average molecular weight is 1260 g/mol. The van der Waals surface area contributed by atoms with Crippen molar-refractivity contribution >= 4 is 86.5 Å². The van der Waals surface area contributed by atoms with Gasteiger partial charge in [0.1, 0.15) is 37.1 Å². The molecular weight excluding hydrogens is 1190 g/mol. The second-order valence-corrected chi connectivity index (χ2v) is 22.9. The minimum atomic E-state index is -4.28. The predicted molar refractivity (Wildman–Crippen MR) is 315 cm³/mol. The van der Waals surface area contributed by atoms with Crippen molar-refractivity contribution in [3.05, 3.63) is 83.8 Å². The van der Waals surface area contributed by atoms with E-state index in [1.807, 2.05) is 29.0 Å². The molecule has 484 valence electrons. The van der Waals surface area contributed by atoms with E-state index in [1.165, 1.54) is 17.5 Å². The third-order valence-corrected chi connectivity index (χ3v) is 15.3. The van der Waals surface area contributed by atoms with E-state index in [0.717, 1.165) is 18.2 Å². The molecule has 0 spiro atoms. The van der Waals surface area contributed by atoms with Crippen LogP contribution in [0.25, 0.3) is 11.0 Å². The molecule has 7 rings (SSSR count). The summed E-state index contributed by atoms with van der Waals surface area (Å²) in [5.74, 6) is -4.57. The van der Waals surface area contributed by atoms with E-state index in [9.17, 15) is 51.6 Å². The number of Topliss-reactive ketones (excluding diaryl/α,β-unsaturated/α-hetero) is 1. The number of alkyl carbamates (subject to hydrolysis) is 1. The summed E-state index contributed by atoms with van der Waals surface area (Å²) in [4.78, 5) is 126. The van der Waals surface area contributed by atoms with Gasteiger partial charge in [-0.15, -0.1) is 5.06 Å². The number of urea groups is 1. The number of rotatable bonds is 36. The highest BCUT2D eigenvalue weighted by Crippen LogP contribution is 2.41. The fraction of sp³-hybridized carbons (Fsp3) is 0.534. The van der Waals surface area contributed by atoms with Gasteiger partial charge < -0.3 is 70.1 Å². The predicted octanol–water partition coefficient (Wildman–Crippen LogP) is 3.69. The van der Waals surface area contributed by atoms with Crippen LogP contribution in [0.1, 0.15) is 107 Å². The number of nitrogens with zero attached hydrogens (tertiary/aromatic N) is 4. The molecule has 3 heterocycles. The molecule has 30 nitrogen and oxygen atoms in total. The number of amides is 7. The molecule has 2 aromatic carbocycles. The maximum atomic E-state index is 13.7. The lowest BCUT2D eigenvalue weighted by Crippen LogP contribution is -2.45. The van der Waals surface area contributed by atoms with Gasteiger partial charge in [-0.2, -0.15) is 8.42 Å². The van der Waals surface area contributed by atoms with Crippen molar-refractivity contribution in [2.75, 3.05) is 76.6 Å². The Balaban J connectivity index is 0.751. The van der Waals surface area contributed by atoms with Gasteiger partial charge in [0, 0.05) is 75.0 Å². The van der Waals surface area contributed by atoms with Crippen LogP contribution in [-0.2, 0) is 89.5 Å². The third kappa shape index (κ3) is 21.7. The maximum absolute atomic E-state index is 13.7. The first-order valence-corrected chi connectivity index (χ1v) is 30.8. The van der Waals surface area contributed by atoms with Gasteiger partial charge in [0.25, 0.3) is 11.8 Å². The molecular formula is C58H77N11O19S. The third-order valence-electron chi connectivity index (χ3n) is 14.9. The number of aryl methyl sites for hydroxylation is 1. The van der Waals surface area contributed by atoms with E-state index in [-0.39, 0.29) is 129 Å². The van der Waals surface area contributed by atoms with Crippen LogP contribution in [0.15, 0.2) is 67.1 Å². The van der Waals surface area contributed by atoms with Crippen LogP contribution in [0.2, 0.25) is 0 Å². The van der Waals surface area contributed by atoms with E-state index < -0.39 is 87.9 Å². The van der Waals surface area contributed by atoms with Gasteiger partial charge in [0.15, 0.2) is 5.78 Å². The monoisotopic (exact) mass is 1260 g/mol. The number of ketones is 1. The molecule has 1 saturated carbocycles. The summed E-state index contributed by atoms with van der Waals surface area (Å²) in [7, 11) is -4.28. The van der Waals surface area contributed by atoms with Gasteiger partial charge in [0.05, 0.1) is 70.1 Å². The number of hydrogen-bond acceptors (Lipinski definition) is 22. The molecule has 4 aromatic rings. The van der Waals surface area contributed by atoms with E-state index in [4.69, 9.17) is 48.3 Å². The lowest BCUT2D eigenvalue weighted by atomic mass is 9.89. The van der Waals surface area contributed by atoms with Crippen molar-refractivity contribution < 1.29 is 89.0 Å². The fourth-order valence-electron chi connectivity index (χ4n) is 10.4. The first-order chi connectivity index (χ1) is 42.7. The SMILES string of the molecule is CC(C)[C@@H](NC(=O)CCOCCC(=O)ON1C(=O)CCC1=O)C(=O)C[C@H](CCCNC(N)=O)C(=O)Nc1ccc(COC(=O)NCCOCCOCCOC(=O)O[C@H]2C[C@H](n3ccc4c(N[C@H]5CCc6ccccc65)ncnc43)C[C@H]2COS(N)(=O)=O)cc1. The zero-order valence-corrected chi connectivity index (χ0v) is 50.4. The number of aromatic nitrogens is 3. The molecule has 89 heavy (non-hydrogen) atoms. The summed E-state index contributed by atoms with van der Waals surface area (Å²) in [5.41, 5.74) is 9.39. The Labute approximate surface area is 513 Å². The number of nitrogens with one attached hydrogen (secondary N) is 5. The van der Waals surface area contributed by atoms with Crippen molar-refractivity contribution in [1.82, 2.24) is 35.5 Å². The number of nitrogens with two attached hydrogens (primary N) is 2. The van der Waals surface area contributed by atoms with Gasteiger partial charge >= 0.3 is 34.6 Å². The highest BCUT2D eigenvalue weighted by molar-refractivity contribution is 7.84. The minimum Gasteiger partial charge on any atom is -0.445 e. The van der Waals surface area contributed by atoms with Crippen LogP contribution in [0, 0.1) is 17.8 Å². The standard InChI is InChI=1S/C58H77N11O19S/c1-36(2)52(67-48(71)18-23-81-24-19-51(74)88-69-49(72)15-16-50(69)73)46(70)31-39(7-5-20-61-56(59)76)55(75)65-41-12-9-37(10-13-41)33-85-57(77)62-21-25-82-26-27-83-28-29-84-58(78)87-47-32-42(30-40(47)34-86-89(60,79)80)68-22-17-44-53(63-35-64-54(44)68)66-45-14-11-38-6-3-4-8-43(38)45/h3-4,6,8-10,12-13,17,22,35-36,39-40,42,45,47,52H,5,7,11,14-16,18-21,23-34H2,1-2H3,(H,62,77)(H,65,75)(H,67,71)(H3,59,61,76)(H2,60,79,80)(H,63,64,66)/t39-,40-,42+,45-,47-,52+/m0/s1. The Morgan fingerprint density at radius 2 is 1.52 bits per heavy atom. The number of primary amides is 1. The Hall–Kier alpha value is -8.36. The Bertz CT molecular complexity index is 3210. The van der Waals surface area contributed by atoms with Crippen LogP contribution >= 0.6 is 0 Å². The molecule has 9 N–H and O–H groups in total. The maximum Gasteiger partial charge on any atom is 0.508 e. The van der Waals surface area contributed by atoms with Crippen LogP contribution < -0.4 is 37.5 Å². The van der Waals surface area contributed by atoms with Crippen LogP contribution in [-0.4, -0.2) is 160 Å². The highest BCUT2D eigenvalue weighted by Gasteiger charge is 2.40. The largest absolute Gasteiger partial charge is 0.508 e. The fourth-order valence-corrected chi connectivity index (χ4v) is 10.8. The first-order valence-electron chi connectivity index (χ1n) is 29.3. The van der Waals surface area contributed by atoms with Crippen LogP contribution in [0.4, 0.5) is 25.9 Å². The molecule has 2 aliphatic carbocycles. The molecule has 1 saturated heterocycles.